The second kappa shape index (κ2) is 8.64. The lowest BCUT2D eigenvalue weighted by atomic mass is 9.98. The number of pyridine rings is 1. The zero-order valence-corrected chi connectivity index (χ0v) is 17.6. The first kappa shape index (κ1) is 21.8. The first-order valence-corrected chi connectivity index (χ1v) is 11.4. The van der Waals surface area contributed by atoms with Crippen LogP contribution in [0.15, 0.2) is 35.6 Å². The molecule has 4 rings (SSSR count). The number of aromatic nitrogens is 1. The molecule has 2 atom stereocenters. The Labute approximate surface area is 181 Å². The van der Waals surface area contributed by atoms with Gasteiger partial charge in [-0.15, -0.1) is 0 Å². The molecular weight excluding hydrogens is 457 g/mol. The van der Waals surface area contributed by atoms with Crippen LogP contribution in [-0.2, 0) is 14.9 Å². The monoisotopic (exact) mass is 474 g/mol. The molecular formula is C19H18ClF3N4O3S. The molecule has 1 unspecified atom stereocenters. The molecule has 0 spiro atoms. The molecule has 2 aliphatic heterocycles. The van der Waals surface area contributed by atoms with Crippen molar-refractivity contribution in [2.24, 2.45) is 5.16 Å². The number of nitrogens with zero attached hydrogens (tertiary/aromatic N) is 3. The number of halogens is 4. The van der Waals surface area contributed by atoms with Crippen LogP contribution in [0.25, 0.3) is 11.1 Å². The highest BCUT2D eigenvalue weighted by Crippen LogP contribution is 2.37. The summed E-state index contributed by atoms with van der Waals surface area (Å²) >= 11 is 6.02. The maximum atomic E-state index is 14.4. The lowest BCUT2D eigenvalue weighted by Crippen LogP contribution is -2.38. The Morgan fingerprint density at radius 3 is 2.74 bits per heavy atom. The van der Waals surface area contributed by atoms with E-state index in [1.807, 2.05) is 4.90 Å². The highest BCUT2D eigenvalue weighted by Gasteiger charge is 2.35. The molecule has 0 amide bonds. The van der Waals surface area contributed by atoms with Crippen LogP contribution in [-0.4, -0.2) is 49.3 Å². The summed E-state index contributed by atoms with van der Waals surface area (Å²) in [5.74, 6) is -0.970. The largest absolute Gasteiger partial charge is 0.384 e. The van der Waals surface area contributed by atoms with Gasteiger partial charge >= 0.3 is 0 Å². The van der Waals surface area contributed by atoms with Crippen LogP contribution in [0.4, 0.5) is 13.2 Å². The SMILES string of the molecule is O=S(=O)(CF)N[C@H]1CCN(C2=NOC(c3ncc(Cl)cc3-c3c(F)cccc3F)C2)C1. The normalized spacial score (nSPS) is 21.3. The van der Waals surface area contributed by atoms with Gasteiger partial charge in [-0.2, -0.15) is 0 Å². The molecule has 12 heteroatoms. The Kier molecular flexibility index (Phi) is 6.09. The third-order valence-corrected chi connectivity index (χ3v) is 6.31. The van der Waals surface area contributed by atoms with Gasteiger partial charge in [0.05, 0.1) is 22.7 Å². The molecule has 2 aliphatic rings. The molecule has 1 aromatic heterocycles. The van der Waals surface area contributed by atoms with Gasteiger partial charge in [0.2, 0.25) is 16.0 Å². The number of benzene rings is 1. The van der Waals surface area contributed by atoms with Crippen molar-refractivity contribution in [3.63, 3.8) is 0 Å². The molecule has 1 saturated heterocycles. The number of nitrogens with one attached hydrogen (secondary N) is 1. The average molecular weight is 475 g/mol. The van der Waals surface area contributed by atoms with Gasteiger partial charge in [-0.3, -0.25) is 4.98 Å². The van der Waals surface area contributed by atoms with E-state index in [4.69, 9.17) is 16.4 Å². The molecule has 1 fully saturated rings. The molecule has 3 heterocycles. The number of sulfonamides is 1. The third-order valence-electron chi connectivity index (χ3n) is 5.12. The fourth-order valence-corrected chi connectivity index (χ4v) is 4.66. The van der Waals surface area contributed by atoms with E-state index in [2.05, 4.69) is 14.9 Å². The second-order valence-corrected chi connectivity index (χ2v) is 9.38. The first-order valence-electron chi connectivity index (χ1n) is 9.41. The van der Waals surface area contributed by atoms with E-state index in [1.165, 1.54) is 18.3 Å². The van der Waals surface area contributed by atoms with Gasteiger partial charge in [0.15, 0.2) is 6.10 Å². The number of alkyl halides is 1. The van der Waals surface area contributed by atoms with Gasteiger partial charge in [0.25, 0.3) is 0 Å². The summed E-state index contributed by atoms with van der Waals surface area (Å²) in [6.45, 7) is 0.800. The molecule has 0 aliphatic carbocycles. The summed E-state index contributed by atoms with van der Waals surface area (Å²) in [6, 6.07) is 3.05. The minimum Gasteiger partial charge on any atom is -0.384 e. The predicted octanol–water partition coefficient (Wildman–Crippen LogP) is 3.38. The van der Waals surface area contributed by atoms with E-state index in [9.17, 15) is 21.6 Å². The molecule has 0 bridgehead atoms. The molecule has 0 radical (unpaired) electrons. The molecule has 0 saturated carbocycles. The minimum absolute atomic E-state index is 0.166. The minimum atomic E-state index is -3.96. The lowest BCUT2D eigenvalue weighted by molar-refractivity contribution is 0.0828. The van der Waals surface area contributed by atoms with Crippen molar-refractivity contribution in [2.75, 3.05) is 19.1 Å². The number of oxime groups is 1. The first-order chi connectivity index (χ1) is 14.8. The topological polar surface area (TPSA) is 83.9 Å². The Balaban J connectivity index is 1.53. The van der Waals surface area contributed by atoms with Gasteiger partial charge < -0.3 is 9.74 Å². The van der Waals surface area contributed by atoms with Crippen LogP contribution >= 0.6 is 11.6 Å². The van der Waals surface area contributed by atoms with Crippen molar-refractivity contribution < 1.29 is 26.4 Å². The number of hydrogen-bond donors (Lipinski definition) is 1. The summed E-state index contributed by atoms with van der Waals surface area (Å²) in [6.07, 6.45) is 1.40. The lowest BCUT2D eigenvalue weighted by Gasteiger charge is -2.18. The summed E-state index contributed by atoms with van der Waals surface area (Å²) in [7, 11) is -3.96. The average Bonchev–Trinajstić information content (AvgIpc) is 3.37. The fraction of sp³-hybridized carbons (Fsp3) is 0.368. The van der Waals surface area contributed by atoms with E-state index in [0.717, 1.165) is 12.1 Å². The Hall–Kier alpha value is -2.37. The summed E-state index contributed by atoms with van der Waals surface area (Å²) in [4.78, 5) is 11.6. The van der Waals surface area contributed by atoms with Crippen LogP contribution in [0.1, 0.15) is 24.6 Å². The van der Waals surface area contributed by atoms with E-state index >= 15 is 0 Å². The Bertz CT molecular complexity index is 1110. The van der Waals surface area contributed by atoms with Crippen LogP contribution in [0.5, 0.6) is 0 Å². The van der Waals surface area contributed by atoms with Gasteiger partial charge in [0, 0.05) is 30.9 Å². The Morgan fingerprint density at radius 2 is 2.03 bits per heavy atom. The van der Waals surface area contributed by atoms with Crippen molar-refractivity contribution in [1.82, 2.24) is 14.6 Å². The number of rotatable bonds is 5. The van der Waals surface area contributed by atoms with Crippen LogP contribution < -0.4 is 4.72 Å². The number of likely N-dealkylation sites (tertiary alicyclic amines) is 1. The van der Waals surface area contributed by atoms with E-state index in [1.54, 1.807) is 0 Å². The van der Waals surface area contributed by atoms with Gasteiger partial charge in [-0.1, -0.05) is 22.8 Å². The quantitative estimate of drug-likeness (QED) is 0.718. The highest BCUT2D eigenvalue weighted by molar-refractivity contribution is 7.89. The summed E-state index contributed by atoms with van der Waals surface area (Å²) < 4.78 is 66.5. The molecule has 1 aromatic carbocycles. The van der Waals surface area contributed by atoms with Crippen molar-refractivity contribution in [2.45, 2.75) is 25.0 Å². The summed E-state index contributed by atoms with van der Waals surface area (Å²) in [5, 5.41) is 4.27. The maximum absolute atomic E-state index is 14.4. The van der Waals surface area contributed by atoms with Gasteiger partial charge in [-0.05, 0) is 24.6 Å². The van der Waals surface area contributed by atoms with Crippen LogP contribution in [0.2, 0.25) is 5.02 Å². The standard InChI is InChI=1S/C19H18ClF3N4O3S/c20-11-6-13(18-14(22)2-1-3-15(18)23)19(24-8-11)16-7-17(25-30-16)27-5-4-12(9-27)26-31(28,29)10-21/h1-3,6,8,12,16,26H,4-5,7,9-10H2/t12-,16?/m0/s1. The second-order valence-electron chi connectivity index (χ2n) is 7.26. The van der Waals surface area contributed by atoms with E-state index in [-0.39, 0.29) is 28.3 Å². The predicted molar refractivity (Wildman–Crippen MR) is 108 cm³/mol. The third kappa shape index (κ3) is 4.63. The summed E-state index contributed by atoms with van der Waals surface area (Å²) in [5.41, 5.74) is 0.187. The van der Waals surface area contributed by atoms with Crippen molar-refractivity contribution in [1.29, 1.82) is 0 Å². The van der Waals surface area contributed by atoms with Crippen molar-refractivity contribution >= 4 is 27.5 Å². The van der Waals surface area contributed by atoms with Gasteiger partial charge in [-0.25, -0.2) is 26.3 Å². The number of hydrogen-bond acceptors (Lipinski definition) is 6. The molecule has 7 nitrogen and oxygen atoms in total. The Morgan fingerprint density at radius 1 is 1.29 bits per heavy atom. The zero-order valence-electron chi connectivity index (χ0n) is 16.1. The molecule has 1 N–H and O–H groups in total. The van der Waals surface area contributed by atoms with Crippen molar-refractivity contribution in [3.05, 3.63) is 52.8 Å². The highest BCUT2D eigenvalue weighted by atomic mass is 35.5. The zero-order chi connectivity index (χ0) is 22.2. The smallest absolute Gasteiger partial charge is 0.241 e. The van der Waals surface area contributed by atoms with Crippen molar-refractivity contribution in [3.8, 4) is 11.1 Å². The van der Waals surface area contributed by atoms with Crippen LogP contribution in [0, 0.1) is 11.6 Å². The fourth-order valence-electron chi connectivity index (χ4n) is 3.74. The van der Waals surface area contributed by atoms with Crippen LogP contribution in [0.3, 0.4) is 0 Å². The number of amidine groups is 1. The molecule has 2 aromatic rings. The molecule has 166 valence electrons. The molecule has 31 heavy (non-hydrogen) atoms. The van der Waals surface area contributed by atoms with E-state index < -0.39 is 39.8 Å². The van der Waals surface area contributed by atoms with E-state index in [0.29, 0.717) is 25.3 Å². The van der Waals surface area contributed by atoms with Gasteiger partial charge in [0.1, 0.15) is 17.5 Å². The maximum Gasteiger partial charge on any atom is 0.241 e.